The van der Waals surface area contributed by atoms with Crippen LogP contribution in [0.15, 0.2) is 30.3 Å². The first-order valence-electron chi connectivity index (χ1n) is 12.7. The van der Waals surface area contributed by atoms with Crippen molar-refractivity contribution in [3.8, 4) is 0 Å². The highest BCUT2D eigenvalue weighted by atomic mass is 16.7. The van der Waals surface area contributed by atoms with Gasteiger partial charge in [0.25, 0.3) is 0 Å². The van der Waals surface area contributed by atoms with Gasteiger partial charge >= 0.3 is 17.9 Å². The molecule has 1 unspecified atom stereocenters. The first kappa shape index (κ1) is 28.0. The highest BCUT2D eigenvalue weighted by Crippen LogP contribution is 2.50. The molecule has 0 aromatic heterocycles. The number of nitrogens with zero attached hydrogens (tertiary/aromatic N) is 1. The first-order valence-corrected chi connectivity index (χ1v) is 12.7. The summed E-state index contributed by atoms with van der Waals surface area (Å²) < 4.78 is 29.4. The van der Waals surface area contributed by atoms with Crippen molar-refractivity contribution in [2.45, 2.75) is 95.8 Å². The number of nitrogens with one attached hydrogen (secondary N) is 1. The molecule has 1 N–H and O–H groups in total. The van der Waals surface area contributed by atoms with Gasteiger partial charge in [-0.05, 0) is 20.8 Å². The Morgan fingerprint density at radius 3 is 2.21 bits per heavy atom. The number of rotatable bonds is 6. The molecule has 208 valence electrons. The first-order chi connectivity index (χ1) is 17.8. The second kappa shape index (κ2) is 10.6. The van der Waals surface area contributed by atoms with Crippen molar-refractivity contribution >= 4 is 23.8 Å². The van der Waals surface area contributed by atoms with Crippen LogP contribution in [0.3, 0.4) is 0 Å². The molecule has 3 aliphatic rings. The van der Waals surface area contributed by atoms with Crippen LogP contribution in [0.25, 0.3) is 0 Å². The molecule has 1 amide bonds. The lowest BCUT2D eigenvalue weighted by Gasteiger charge is -2.47. The van der Waals surface area contributed by atoms with E-state index >= 15 is 0 Å². The SMILES string of the molecule is CC(=O)N[C@H]1[C@H]([C@@H]2O[C@H](c3ccccc3)OC[C@H]2OC(C)=O)N2C[C@]2(C(=O)OC(C)(C)C)C[C@@H]1OC(C)=O. The zero-order valence-corrected chi connectivity index (χ0v) is 22.6. The summed E-state index contributed by atoms with van der Waals surface area (Å²) in [5.74, 6) is -1.88. The monoisotopic (exact) mass is 532 g/mol. The Balaban J connectivity index is 1.75. The zero-order valence-electron chi connectivity index (χ0n) is 22.6. The standard InChI is InChI=1S/C27H36N2O9/c1-15(30)28-21-19(35-16(2)31)12-27(25(33)38-26(4,5)6)14-29(27)22(21)23-20(36-17(3)32)13-34-24(37-23)18-10-8-7-9-11-18/h7-11,19-24H,12-14H2,1-6H3,(H,28,30)/t19-,20+,21+,22+,23+,24+,27-,29?/m0/s1. The lowest BCUT2D eigenvalue weighted by Crippen LogP contribution is -2.67. The Morgan fingerprint density at radius 1 is 1.00 bits per heavy atom. The number of carbonyl (C=O) groups excluding carboxylic acids is 4. The number of fused-ring (bicyclic) bond motifs is 1. The van der Waals surface area contributed by atoms with E-state index in [1.165, 1.54) is 20.8 Å². The van der Waals surface area contributed by atoms with Gasteiger partial charge in [-0.15, -0.1) is 0 Å². The predicted molar refractivity (Wildman–Crippen MR) is 132 cm³/mol. The number of carbonyl (C=O) groups is 4. The van der Waals surface area contributed by atoms with Crippen LogP contribution < -0.4 is 5.32 Å². The minimum absolute atomic E-state index is 0.0264. The maximum Gasteiger partial charge on any atom is 0.328 e. The molecular formula is C27H36N2O9. The summed E-state index contributed by atoms with van der Waals surface area (Å²) in [6.07, 6.45) is -3.19. The van der Waals surface area contributed by atoms with Crippen LogP contribution in [-0.2, 0) is 42.9 Å². The van der Waals surface area contributed by atoms with Crippen molar-refractivity contribution in [1.82, 2.24) is 10.2 Å². The van der Waals surface area contributed by atoms with E-state index < -0.39 is 65.7 Å². The maximum atomic E-state index is 13.5. The number of hydrogen-bond acceptors (Lipinski definition) is 10. The summed E-state index contributed by atoms with van der Waals surface area (Å²) in [6.45, 7) is 9.58. The van der Waals surface area contributed by atoms with E-state index in [-0.39, 0.29) is 18.9 Å². The highest BCUT2D eigenvalue weighted by Gasteiger charge is 2.71. The van der Waals surface area contributed by atoms with E-state index in [1.807, 2.05) is 35.2 Å². The average Bonchev–Trinajstić information content (AvgIpc) is 3.54. The Kier molecular flexibility index (Phi) is 7.83. The third-order valence-corrected chi connectivity index (χ3v) is 6.80. The van der Waals surface area contributed by atoms with Gasteiger partial charge in [0.05, 0.1) is 18.7 Å². The predicted octanol–water partition coefficient (Wildman–Crippen LogP) is 1.64. The van der Waals surface area contributed by atoms with E-state index in [1.54, 1.807) is 20.8 Å². The van der Waals surface area contributed by atoms with Gasteiger partial charge in [-0.25, -0.2) is 4.79 Å². The molecule has 8 atom stereocenters. The molecule has 0 aliphatic carbocycles. The molecule has 0 saturated carbocycles. The summed E-state index contributed by atoms with van der Waals surface area (Å²) in [6, 6.07) is 7.81. The summed E-state index contributed by atoms with van der Waals surface area (Å²) in [5.41, 5.74) is -1.07. The Hall–Kier alpha value is -3.02. The van der Waals surface area contributed by atoms with Crippen LogP contribution in [0, 0.1) is 0 Å². The van der Waals surface area contributed by atoms with Gasteiger partial charge in [0.1, 0.15) is 23.3 Å². The van der Waals surface area contributed by atoms with E-state index in [4.69, 9.17) is 23.7 Å². The smallest absolute Gasteiger partial charge is 0.328 e. The van der Waals surface area contributed by atoms with Crippen LogP contribution in [0.1, 0.15) is 59.8 Å². The number of esters is 3. The van der Waals surface area contributed by atoms with E-state index in [0.29, 0.717) is 6.54 Å². The van der Waals surface area contributed by atoms with Crippen molar-refractivity contribution in [2.75, 3.05) is 13.2 Å². The molecule has 0 spiro atoms. The van der Waals surface area contributed by atoms with Gasteiger partial charge < -0.3 is 29.0 Å². The van der Waals surface area contributed by atoms with Gasteiger partial charge in [-0.2, -0.15) is 0 Å². The number of hydrogen-bond donors (Lipinski definition) is 1. The average molecular weight is 533 g/mol. The third-order valence-electron chi connectivity index (χ3n) is 6.80. The van der Waals surface area contributed by atoms with Crippen molar-refractivity contribution < 1.29 is 42.9 Å². The lowest BCUT2D eigenvalue weighted by molar-refractivity contribution is -0.276. The van der Waals surface area contributed by atoms with E-state index in [0.717, 1.165) is 5.56 Å². The number of benzene rings is 1. The highest BCUT2D eigenvalue weighted by molar-refractivity contribution is 5.86. The van der Waals surface area contributed by atoms with E-state index in [2.05, 4.69) is 5.32 Å². The number of ether oxygens (including phenoxy) is 5. The molecule has 38 heavy (non-hydrogen) atoms. The fourth-order valence-corrected chi connectivity index (χ4v) is 5.40. The summed E-state index contributed by atoms with van der Waals surface area (Å²) >= 11 is 0. The van der Waals surface area contributed by atoms with Crippen molar-refractivity contribution in [1.29, 1.82) is 0 Å². The molecule has 0 bridgehead atoms. The van der Waals surface area contributed by atoms with Gasteiger partial charge in [0.15, 0.2) is 12.4 Å². The molecule has 4 rings (SSSR count). The van der Waals surface area contributed by atoms with Gasteiger partial charge in [0, 0.05) is 39.3 Å². The van der Waals surface area contributed by atoms with Gasteiger partial charge in [-0.3, -0.25) is 19.3 Å². The molecule has 1 aromatic rings. The van der Waals surface area contributed by atoms with Crippen LogP contribution in [0.5, 0.6) is 0 Å². The molecule has 3 saturated heterocycles. The third kappa shape index (κ3) is 6.00. The van der Waals surface area contributed by atoms with E-state index in [9.17, 15) is 19.2 Å². The summed E-state index contributed by atoms with van der Waals surface area (Å²) in [5, 5.41) is 2.90. The van der Waals surface area contributed by atoms with Crippen LogP contribution >= 0.6 is 0 Å². The minimum Gasteiger partial charge on any atom is -0.460 e. The molecule has 11 heteroatoms. The summed E-state index contributed by atoms with van der Waals surface area (Å²) in [7, 11) is 0. The van der Waals surface area contributed by atoms with Crippen molar-refractivity contribution in [3.63, 3.8) is 0 Å². The number of amides is 1. The maximum absolute atomic E-state index is 13.5. The zero-order chi connectivity index (χ0) is 27.8. The van der Waals surface area contributed by atoms with Crippen LogP contribution in [0.4, 0.5) is 0 Å². The molecule has 11 nitrogen and oxygen atoms in total. The molecular weight excluding hydrogens is 496 g/mol. The van der Waals surface area contributed by atoms with Crippen LogP contribution in [0.2, 0.25) is 0 Å². The second-order valence-corrected chi connectivity index (χ2v) is 11.1. The minimum atomic E-state index is -1.09. The number of piperidine rings is 1. The van der Waals surface area contributed by atoms with Crippen LogP contribution in [-0.4, -0.2) is 83.4 Å². The summed E-state index contributed by atoms with van der Waals surface area (Å²) in [4.78, 5) is 51.8. The normalized spacial score (nSPS) is 34.3. The molecule has 3 aliphatic heterocycles. The topological polar surface area (TPSA) is 129 Å². The fourth-order valence-electron chi connectivity index (χ4n) is 5.40. The fraction of sp³-hybridized carbons (Fsp3) is 0.630. The van der Waals surface area contributed by atoms with Gasteiger partial charge in [0.2, 0.25) is 5.91 Å². The Bertz CT molecular complexity index is 1070. The molecule has 3 heterocycles. The van der Waals surface area contributed by atoms with Gasteiger partial charge in [-0.1, -0.05) is 30.3 Å². The van der Waals surface area contributed by atoms with Crippen molar-refractivity contribution in [3.05, 3.63) is 35.9 Å². The van der Waals surface area contributed by atoms with Crippen molar-refractivity contribution in [2.24, 2.45) is 0 Å². The Labute approximate surface area is 222 Å². The second-order valence-electron chi connectivity index (χ2n) is 11.1. The Morgan fingerprint density at radius 2 is 1.63 bits per heavy atom. The molecule has 1 aromatic carbocycles. The lowest BCUT2D eigenvalue weighted by atomic mass is 9.84. The quantitative estimate of drug-likeness (QED) is 0.328. The molecule has 3 fully saturated rings. The molecule has 0 radical (unpaired) electrons. The largest absolute Gasteiger partial charge is 0.460 e.